The highest BCUT2D eigenvalue weighted by molar-refractivity contribution is 6.03. The summed E-state index contributed by atoms with van der Waals surface area (Å²) in [5.41, 5.74) is 2.58. The number of Topliss-reactive ketones (excluding diaryl/α,β-unsaturated/α-hetero) is 1. The van der Waals surface area contributed by atoms with Crippen molar-refractivity contribution in [3.05, 3.63) is 53.9 Å². The molecule has 1 aromatic carbocycles. The molecule has 0 unspecified atom stereocenters. The Morgan fingerprint density at radius 1 is 1.08 bits per heavy atom. The van der Waals surface area contributed by atoms with Crippen LogP contribution in [0.25, 0.3) is 0 Å². The fraction of sp³-hybridized carbons (Fsp3) is 0.278. The van der Waals surface area contributed by atoms with Crippen molar-refractivity contribution in [3.8, 4) is 0 Å². The minimum atomic E-state index is -0.279. The number of anilines is 2. The molecule has 6 nitrogen and oxygen atoms in total. The number of carbonyl (C=O) groups excluding carboxylic acids is 2. The van der Waals surface area contributed by atoms with Crippen LogP contribution in [0.15, 0.2) is 42.6 Å². The number of carbonyl (C=O) groups is 2. The summed E-state index contributed by atoms with van der Waals surface area (Å²) >= 11 is 0. The number of ether oxygens (including phenoxy) is 1. The Hall–Kier alpha value is -2.73. The highest BCUT2D eigenvalue weighted by Crippen LogP contribution is 2.16. The van der Waals surface area contributed by atoms with Crippen molar-refractivity contribution in [2.45, 2.75) is 6.92 Å². The lowest BCUT2D eigenvalue weighted by molar-refractivity contribution is 0.101. The predicted octanol–water partition coefficient (Wildman–Crippen LogP) is 2.37. The van der Waals surface area contributed by atoms with Crippen molar-refractivity contribution in [1.82, 2.24) is 4.98 Å². The number of morpholine rings is 1. The molecule has 3 rings (SSSR count). The number of benzene rings is 1. The summed E-state index contributed by atoms with van der Waals surface area (Å²) < 4.78 is 5.33. The molecule has 1 fully saturated rings. The van der Waals surface area contributed by atoms with E-state index >= 15 is 0 Å². The standard InChI is InChI=1S/C18H19N3O3/c1-13(22)14-2-4-15(5-3-14)20-18(23)17-7-6-16(12-19-17)21-8-10-24-11-9-21/h2-7,12H,8-11H2,1H3,(H,20,23). The first kappa shape index (κ1) is 16.1. The number of pyridine rings is 1. The van der Waals surface area contributed by atoms with Crippen LogP contribution in [0.5, 0.6) is 0 Å². The summed E-state index contributed by atoms with van der Waals surface area (Å²) in [5, 5.41) is 2.78. The Labute approximate surface area is 140 Å². The van der Waals surface area contributed by atoms with Gasteiger partial charge in [0, 0.05) is 24.3 Å². The van der Waals surface area contributed by atoms with Gasteiger partial charge in [-0.15, -0.1) is 0 Å². The van der Waals surface area contributed by atoms with Crippen LogP contribution in [-0.4, -0.2) is 43.0 Å². The second kappa shape index (κ2) is 7.23. The molecular formula is C18H19N3O3. The number of amides is 1. The zero-order chi connectivity index (χ0) is 16.9. The van der Waals surface area contributed by atoms with Crippen LogP contribution in [0.4, 0.5) is 11.4 Å². The lowest BCUT2D eigenvalue weighted by Gasteiger charge is -2.28. The molecule has 24 heavy (non-hydrogen) atoms. The van der Waals surface area contributed by atoms with Crippen molar-refractivity contribution in [2.75, 3.05) is 36.5 Å². The summed E-state index contributed by atoms with van der Waals surface area (Å²) in [5.74, 6) is -0.285. The maximum absolute atomic E-state index is 12.2. The van der Waals surface area contributed by atoms with Crippen molar-refractivity contribution < 1.29 is 14.3 Å². The van der Waals surface area contributed by atoms with Gasteiger partial charge in [-0.2, -0.15) is 0 Å². The number of nitrogens with one attached hydrogen (secondary N) is 1. The van der Waals surface area contributed by atoms with Gasteiger partial charge >= 0.3 is 0 Å². The van der Waals surface area contributed by atoms with Crippen LogP contribution in [-0.2, 0) is 4.74 Å². The van der Waals surface area contributed by atoms with Crippen molar-refractivity contribution in [2.24, 2.45) is 0 Å². The van der Waals surface area contributed by atoms with Crippen LogP contribution in [0.1, 0.15) is 27.8 Å². The van der Waals surface area contributed by atoms with E-state index in [1.807, 2.05) is 6.07 Å². The number of nitrogens with zero attached hydrogens (tertiary/aromatic N) is 2. The fourth-order valence-corrected chi connectivity index (χ4v) is 2.51. The monoisotopic (exact) mass is 325 g/mol. The van der Waals surface area contributed by atoms with Gasteiger partial charge in [0.25, 0.3) is 5.91 Å². The van der Waals surface area contributed by atoms with Crippen LogP contribution >= 0.6 is 0 Å². The van der Waals surface area contributed by atoms with Crippen molar-refractivity contribution in [3.63, 3.8) is 0 Å². The van der Waals surface area contributed by atoms with Gasteiger partial charge in [-0.1, -0.05) is 0 Å². The van der Waals surface area contributed by atoms with Crippen LogP contribution in [0, 0.1) is 0 Å². The summed E-state index contributed by atoms with van der Waals surface area (Å²) in [6.45, 7) is 4.58. The van der Waals surface area contributed by atoms with Gasteiger partial charge in [0.2, 0.25) is 0 Å². The maximum atomic E-state index is 12.2. The lowest BCUT2D eigenvalue weighted by Crippen LogP contribution is -2.36. The summed E-state index contributed by atoms with van der Waals surface area (Å²) in [4.78, 5) is 29.9. The van der Waals surface area contributed by atoms with Gasteiger partial charge in [0.05, 0.1) is 25.1 Å². The van der Waals surface area contributed by atoms with E-state index in [1.54, 1.807) is 36.5 Å². The number of rotatable bonds is 4. The third kappa shape index (κ3) is 3.78. The molecule has 1 saturated heterocycles. The van der Waals surface area contributed by atoms with E-state index < -0.39 is 0 Å². The Morgan fingerprint density at radius 3 is 2.38 bits per heavy atom. The summed E-state index contributed by atoms with van der Waals surface area (Å²) in [6, 6.07) is 10.4. The first-order valence-electron chi connectivity index (χ1n) is 7.84. The Kier molecular flexibility index (Phi) is 4.86. The first-order chi connectivity index (χ1) is 11.6. The zero-order valence-electron chi connectivity index (χ0n) is 13.5. The van der Waals surface area contributed by atoms with Gasteiger partial charge in [-0.25, -0.2) is 4.98 Å². The molecule has 2 aromatic rings. The van der Waals surface area contributed by atoms with E-state index in [-0.39, 0.29) is 11.7 Å². The van der Waals surface area contributed by atoms with Gasteiger partial charge < -0.3 is 15.0 Å². The average Bonchev–Trinajstić information content (AvgIpc) is 2.63. The number of aromatic nitrogens is 1. The molecule has 6 heteroatoms. The largest absolute Gasteiger partial charge is 0.378 e. The van der Waals surface area contributed by atoms with Gasteiger partial charge in [0.1, 0.15) is 5.69 Å². The molecule has 0 atom stereocenters. The highest BCUT2D eigenvalue weighted by atomic mass is 16.5. The molecular weight excluding hydrogens is 306 g/mol. The molecule has 2 heterocycles. The lowest BCUT2D eigenvalue weighted by atomic mass is 10.1. The SMILES string of the molecule is CC(=O)c1ccc(NC(=O)c2ccc(N3CCOCC3)cn2)cc1. The molecule has 1 aromatic heterocycles. The molecule has 0 saturated carbocycles. The second-order valence-electron chi connectivity index (χ2n) is 5.59. The quantitative estimate of drug-likeness (QED) is 0.874. The van der Waals surface area contributed by atoms with Gasteiger partial charge in [-0.05, 0) is 43.3 Å². The minimum Gasteiger partial charge on any atom is -0.378 e. The Morgan fingerprint density at radius 2 is 1.79 bits per heavy atom. The predicted molar refractivity (Wildman–Crippen MR) is 91.7 cm³/mol. The number of ketones is 1. The molecule has 0 aliphatic carbocycles. The number of hydrogen-bond donors (Lipinski definition) is 1. The third-order valence-electron chi connectivity index (χ3n) is 3.91. The molecule has 0 radical (unpaired) electrons. The molecule has 1 aliphatic heterocycles. The molecule has 0 spiro atoms. The van der Waals surface area contributed by atoms with Crippen LogP contribution in [0.2, 0.25) is 0 Å². The molecule has 1 aliphatic rings. The maximum Gasteiger partial charge on any atom is 0.274 e. The summed E-state index contributed by atoms with van der Waals surface area (Å²) in [6.07, 6.45) is 1.71. The Bertz CT molecular complexity index is 720. The smallest absolute Gasteiger partial charge is 0.274 e. The van der Waals surface area contributed by atoms with Gasteiger partial charge in [0.15, 0.2) is 5.78 Å². The highest BCUT2D eigenvalue weighted by Gasteiger charge is 2.13. The zero-order valence-corrected chi connectivity index (χ0v) is 13.5. The summed E-state index contributed by atoms with van der Waals surface area (Å²) in [7, 11) is 0. The van der Waals surface area contributed by atoms with Gasteiger partial charge in [-0.3, -0.25) is 9.59 Å². The van der Waals surface area contributed by atoms with Crippen molar-refractivity contribution >= 4 is 23.1 Å². The van der Waals surface area contributed by atoms with E-state index in [4.69, 9.17) is 4.74 Å². The van der Waals surface area contributed by atoms with E-state index in [0.29, 0.717) is 30.2 Å². The average molecular weight is 325 g/mol. The van der Waals surface area contributed by atoms with Crippen LogP contribution in [0.3, 0.4) is 0 Å². The Balaban J connectivity index is 1.65. The van der Waals surface area contributed by atoms with Crippen LogP contribution < -0.4 is 10.2 Å². The molecule has 0 bridgehead atoms. The fourth-order valence-electron chi connectivity index (χ4n) is 2.51. The van der Waals surface area contributed by atoms with E-state index in [0.717, 1.165) is 18.8 Å². The van der Waals surface area contributed by atoms with E-state index in [2.05, 4.69) is 15.2 Å². The van der Waals surface area contributed by atoms with Crippen molar-refractivity contribution in [1.29, 1.82) is 0 Å². The third-order valence-corrected chi connectivity index (χ3v) is 3.91. The molecule has 1 amide bonds. The normalized spacial score (nSPS) is 14.3. The minimum absolute atomic E-state index is 0.00625. The van der Waals surface area contributed by atoms with E-state index in [1.165, 1.54) is 6.92 Å². The molecule has 124 valence electrons. The molecule has 1 N–H and O–H groups in total. The number of hydrogen-bond acceptors (Lipinski definition) is 5. The topological polar surface area (TPSA) is 71.5 Å². The first-order valence-corrected chi connectivity index (χ1v) is 7.84. The second-order valence-corrected chi connectivity index (χ2v) is 5.59. The van der Waals surface area contributed by atoms with E-state index in [9.17, 15) is 9.59 Å².